The average Bonchev–Trinajstić information content (AvgIpc) is 2.46. The van der Waals surface area contributed by atoms with Crippen molar-refractivity contribution in [3.05, 3.63) is 57.8 Å². The van der Waals surface area contributed by atoms with Crippen LogP contribution in [-0.2, 0) is 4.79 Å². The van der Waals surface area contributed by atoms with Crippen molar-refractivity contribution in [1.29, 1.82) is 5.26 Å². The lowest BCUT2D eigenvalue weighted by Crippen LogP contribution is -2.20. The number of nitrogens with zero attached hydrogens (tertiary/aromatic N) is 1. The van der Waals surface area contributed by atoms with Gasteiger partial charge in [0.1, 0.15) is 17.6 Å². The monoisotopic (exact) mass is 338 g/mol. The number of hydrogen-bond donors (Lipinski definition) is 1. The van der Waals surface area contributed by atoms with Gasteiger partial charge in [-0.15, -0.1) is 0 Å². The minimum atomic E-state index is -0.492. The van der Waals surface area contributed by atoms with Crippen LogP contribution in [0.4, 0.5) is 10.1 Å². The first-order chi connectivity index (χ1) is 10.5. The van der Waals surface area contributed by atoms with Crippen molar-refractivity contribution in [2.24, 2.45) is 0 Å². The second-order valence-corrected chi connectivity index (χ2v) is 5.03. The summed E-state index contributed by atoms with van der Waals surface area (Å²) < 4.78 is 18.1. The topological polar surface area (TPSA) is 62.1 Å². The van der Waals surface area contributed by atoms with Crippen molar-refractivity contribution in [3.8, 4) is 11.8 Å². The predicted molar refractivity (Wildman–Crippen MR) is 81.7 cm³/mol. The molecule has 7 heteroatoms. The highest BCUT2D eigenvalue weighted by Gasteiger charge is 2.08. The van der Waals surface area contributed by atoms with Gasteiger partial charge >= 0.3 is 0 Å². The highest BCUT2D eigenvalue weighted by Crippen LogP contribution is 2.25. The summed E-state index contributed by atoms with van der Waals surface area (Å²) in [6, 6.07) is 10.0. The number of rotatable bonds is 4. The molecule has 0 atom stereocenters. The van der Waals surface area contributed by atoms with E-state index in [1.54, 1.807) is 6.07 Å². The van der Waals surface area contributed by atoms with Crippen molar-refractivity contribution < 1.29 is 13.9 Å². The van der Waals surface area contributed by atoms with Gasteiger partial charge in [0.25, 0.3) is 5.91 Å². The molecule has 0 aromatic heterocycles. The number of ether oxygens (including phenoxy) is 1. The molecular formula is C15H9Cl2FN2O2. The molecule has 0 heterocycles. The first kappa shape index (κ1) is 16.1. The van der Waals surface area contributed by atoms with Crippen LogP contribution in [0.5, 0.6) is 5.75 Å². The summed E-state index contributed by atoms with van der Waals surface area (Å²) in [7, 11) is 0. The third-order valence-corrected chi connectivity index (χ3v) is 3.23. The van der Waals surface area contributed by atoms with E-state index in [0.717, 1.165) is 6.07 Å². The number of amides is 1. The van der Waals surface area contributed by atoms with Gasteiger partial charge in [-0.1, -0.05) is 23.2 Å². The Morgan fingerprint density at radius 1 is 1.23 bits per heavy atom. The average molecular weight is 339 g/mol. The molecule has 4 nitrogen and oxygen atoms in total. The largest absolute Gasteiger partial charge is 0.482 e. The first-order valence-electron chi connectivity index (χ1n) is 6.07. The lowest BCUT2D eigenvalue weighted by molar-refractivity contribution is -0.118. The zero-order valence-corrected chi connectivity index (χ0v) is 12.6. The van der Waals surface area contributed by atoms with Crippen molar-refractivity contribution in [1.82, 2.24) is 0 Å². The summed E-state index contributed by atoms with van der Waals surface area (Å²) in [5.74, 6) is -0.730. The zero-order valence-electron chi connectivity index (χ0n) is 11.1. The van der Waals surface area contributed by atoms with Crippen molar-refractivity contribution >= 4 is 34.8 Å². The van der Waals surface area contributed by atoms with E-state index in [1.165, 1.54) is 24.3 Å². The second-order valence-electron chi connectivity index (χ2n) is 4.22. The molecule has 0 spiro atoms. The van der Waals surface area contributed by atoms with Crippen LogP contribution in [0.2, 0.25) is 10.0 Å². The molecule has 1 amide bonds. The number of hydrogen-bond acceptors (Lipinski definition) is 3. The van der Waals surface area contributed by atoms with Gasteiger partial charge in [0.05, 0.1) is 15.6 Å². The molecule has 0 unspecified atom stereocenters. The van der Waals surface area contributed by atoms with Crippen molar-refractivity contribution in [2.45, 2.75) is 0 Å². The Labute approximate surface area is 136 Å². The Balaban J connectivity index is 1.96. The smallest absolute Gasteiger partial charge is 0.262 e. The molecule has 0 saturated carbocycles. The number of anilines is 1. The number of carbonyl (C=O) groups excluding carboxylic acids is 1. The second kappa shape index (κ2) is 7.12. The van der Waals surface area contributed by atoms with Gasteiger partial charge in [-0.2, -0.15) is 5.26 Å². The molecule has 112 valence electrons. The molecule has 2 rings (SSSR count). The molecule has 22 heavy (non-hydrogen) atoms. The molecule has 2 aromatic rings. The van der Waals surface area contributed by atoms with Crippen LogP contribution in [0.3, 0.4) is 0 Å². The summed E-state index contributed by atoms with van der Waals surface area (Å²) in [5.41, 5.74) is 0.747. The van der Waals surface area contributed by atoms with Gasteiger partial charge in [-0.25, -0.2) is 4.39 Å². The fraction of sp³-hybridized carbons (Fsp3) is 0.0667. The summed E-state index contributed by atoms with van der Waals surface area (Å²) in [6.45, 7) is -0.303. The van der Waals surface area contributed by atoms with E-state index in [9.17, 15) is 9.18 Å². The number of benzene rings is 2. The summed E-state index contributed by atoms with van der Waals surface area (Å²) in [6.07, 6.45) is 0. The van der Waals surface area contributed by atoms with Crippen LogP contribution in [0.15, 0.2) is 36.4 Å². The van der Waals surface area contributed by atoms with Gasteiger partial charge in [-0.05, 0) is 36.4 Å². The van der Waals surface area contributed by atoms with Gasteiger partial charge in [-0.3, -0.25) is 4.79 Å². The van der Waals surface area contributed by atoms with Crippen LogP contribution in [0.1, 0.15) is 5.56 Å². The lowest BCUT2D eigenvalue weighted by Gasteiger charge is -2.09. The molecule has 0 aliphatic heterocycles. The molecule has 0 radical (unpaired) electrons. The zero-order chi connectivity index (χ0) is 16.1. The maximum Gasteiger partial charge on any atom is 0.262 e. The molecule has 0 fully saturated rings. The quantitative estimate of drug-likeness (QED) is 0.915. The van der Waals surface area contributed by atoms with Gasteiger partial charge in [0.15, 0.2) is 6.61 Å². The van der Waals surface area contributed by atoms with Crippen LogP contribution in [-0.4, -0.2) is 12.5 Å². The third kappa shape index (κ3) is 4.10. The maximum atomic E-state index is 12.9. The molecule has 0 bridgehead atoms. The summed E-state index contributed by atoms with van der Waals surface area (Å²) in [4.78, 5) is 11.8. The molecule has 0 saturated heterocycles. The van der Waals surface area contributed by atoms with Crippen LogP contribution >= 0.6 is 23.2 Å². The normalized spacial score (nSPS) is 9.91. The Morgan fingerprint density at radius 3 is 2.64 bits per heavy atom. The van der Waals surface area contributed by atoms with Gasteiger partial charge in [0.2, 0.25) is 0 Å². The highest BCUT2D eigenvalue weighted by atomic mass is 35.5. The van der Waals surface area contributed by atoms with E-state index in [4.69, 9.17) is 33.2 Å². The molecule has 1 N–H and O–H groups in total. The van der Waals surface area contributed by atoms with E-state index in [2.05, 4.69) is 5.32 Å². The number of nitrogens with one attached hydrogen (secondary N) is 1. The Morgan fingerprint density at radius 2 is 2.00 bits per heavy atom. The fourth-order valence-electron chi connectivity index (χ4n) is 1.62. The third-order valence-electron chi connectivity index (χ3n) is 2.63. The Kier molecular flexibility index (Phi) is 5.21. The van der Waals surface area contributed by atoms with E-state index in [1.807, 2.05) is 6.07 Å². The Hall–Kier alpha value is -2.29. The molecule has 0 aliphatic carbocycles. The molecule has 2 aromatic carbocycles. The van der Waals surface area contributed by atoms with Crippen LogP contribution in [0.25, 0.3) is 0 Å². The number of carbonyl (C=O) groups is 1. The van der Waals surface area contributed by atoms with Gasteiger partial charge < -0.3 is 10.1 Å². The summed E-state index contributed by atoms with van der Waals surface area (Å²) >= 11 is 11.6. The standard InChI is InChI=1S/C15H9Cl2FN2O2/c16-12-6-11(3-1-9(12)7-19)20-15(21)8-22-14-4-2-10(18)5-13(14)17/h1-6H,8H2,(H,20,21). The lowest BCUT2D eigenvalue weighted by atomic mass is 10.2. The number of nitriles is 1. The highest BCUT2D eigenvalue weighted by molar-refractivity contribution is 6.32. The predicted octanol–water partition coefficient (Wildman–Crippen LogP) is 4.02. The maximum absolute atomic E-state index is 12.9. The number of halogens is 3. The van der Waals surface area contributed by atoms with Crippen LogP contribution in [0, 0.1) is 17.1 Å². The van der Waals surface area contributed by atoms with Crippen LogP contribution < -0.4 is 10.1 Å². The van der Waals surface area contributed by atoms with Crippen molar-refractivity contribution in [3.63, 3.8) is 0 Å². The Bertz CT molecular complexity index is 760. The minimum Gasteiger partial charge on any atom is -0.482 e. The minimum absolute atomic E-state index is 0.0780. The van der Waals surface area contributed by atoms with E-state index in [0.29, 0.717) is 11.3 Å². The van der Waals surface area contributed by atoms with E-state index >= 15 is 0 Å². The summed E-state index contributed by atoms with van der Waals surface area (Å²) in [5, 5.41) is 11.6. The fourth-order valence-corrected chi connectivity index (χ4v) is 2.06. The molecule has 0 aliphatic rings. The van der Waals surface area contributed by atoms with E-state index in [-0.39, 0.29) is 22.4 Å². The van der Waals surface area contributed by atoms with E-state index < -0.39 is 11.7 Å². The van der Waals surface area contributed by atoms with Crippen molar-refractivity contribution in [2.75, 3.05) is 11.9 Å². The first-order valence-corrected chi connectivity index (χ1v) is 6.82. The van der Waals surface area contributed by atoms with Gasteiger partial charge in [0, 0.05) is 5.69 Å². The SMILES string of the molecule is N#Cc1ccc(NC(=O)COc2ccc(F)cc2Cl)cc1Cl. The molecular weight excluding hydrogens is 330 g/mol.